The van der Waals surface area contributed by atoms with E-state index in [4.69, 9.17) is 0 Å². The molecule has 76 valence electrons. The monoisotopic (exact) mass is 198 g/mol. The van der Waals surface area contributed by atoms with Crippen LogP contribution >= 0.6 is 0 Å². The first-order valence-corrected chi connectivity index (χ1v) is 5.00. The van der Waals surface area contributed by atoms with Crippen LogP contribution in [0.2, 0.25) is 0 Å². The van der Waals surface area contributed by atoms with Gasteiger partial charge in [-0.25, -0.2) is 0 Å². The van der Waals surface area contributed by atoms with Gasteiger partial charge in [0.1, 0.15) is 0 Å². The molecule has 2 aromatic rings. The van der Waals surface area contributed by atoms with Crippen LogP contribution in [0.1, 0.15) is 5.69 Å². The molecule has 2 heteroatoms. The highest BCUT2D eigenvalue weighted by Crippen LogP contribution is 2.21. The van der Waals surface area contributed by atoms with Gasteiger partial charge in [0, 0.05) is 30.2 Å². The zero-order valence-corrected chi connectivity index (χ0v) is 8.99. The molecule has 0 saturated carbocycles. The molecule has 0 aliphatic heterocycles. The first-order valence-electron chi connectivity index (χ1n) is 5.00. The van der Waals surface area contributed by atoms with E-state index < -0.39 is 0 Å². The Morgan fingerprint density at radius 1 is 1.07 bits per heavy atom. The van der Waals surface area contributed by atoms with Gasteiger partial charge in [-0.15, -0.1) is 0 Å². The molecule has 2 nitrogen and oxygen atoms in total. The van der Waals surface area contributed by atoms with E-state index in [9.17, 15) is 0 Å². The molecule has 0 aliphatic carbocycles. The minimum Gasteiger partial charge on any atom is -0.388 e. The van der Waals surface area contributed by atoms with Crippen molar-refractivity contribution in [2.45, 2.75) is 6.92 Å². The summed E-state index contributed by atoms with van der Waals surface area (Å²) in [6, 6.07) is 12.4. The molecule has 0 radical (unpaired) electrons. The summed E-state index contributed by atoms with van der Waals surface area (Å²) >= 11 is 0. The number of nitrogens with zero attached hydrogens (tertiary/aromatic N) is 1. The van der Waals surface area contributed by atoms with Gasteiger partial charge in [-0.1, -0.05) is 18.2 Å². The van der Waals surface area contributed by atoms with E-state index in [1.807, 2.05) is 38.4 Å². The number of benzene rings is 1. The van der Waals surface area contributed by atoms with Crippen molar-refractivity contribution in [3.8, 4) is 11.1 Å². The Kier molecular flexibility index (Phi) is 2.68. The molecule has 15 heavy (non-hydrogen) atoms. The molecular formula is C13H14N2. The highest BCUT2D eigenvalue weighted by Gasteiger charge is 1.98. The standard InChI is InChI=1S/C13H14N2/c1-10-6-7-12(9-15-10)11-4-3-5-13(8-11)14-2/h3-9,14H,1-2H3. The molecule has 0 unspecified atom stereocenters. The molecular weight excluding hydrogens is 184 g/mol. The molecule has 0 fully saturated rings. The fourth-order valence-electron chi connectivity index (χ4n) is 1.49. The molecule has 1 N–H and O–H groups in total. The van der Waals surface area contributed by atoms with Crippen LogP contribution in [0.4, 0.5) is 5.69 Å². The fourth-order valence-corrected chi connectivity index (χ4v) is 1.49. The van der Waals surface area contributed by atoms with Gasteiger partial charge in [0.15, 0.2) is 0 Å². The van der Waals surface area contributed by atoms with Crippen molar-refractivity contribution in [1.82, 2.24) is 4.98 Å². The van der Waals surface area contributed by atoms with Gasteiger partial charge in [0.05, 0.1) is 0 Å². The highest BCUT2D eigenvalue weighted by molar-refractivity contribution is 5.67. The second-order valence-electron chi connectivity index (χ2n) is 3.52. The zero-order valence-electron chi connectivity index (χ0n) is 8.99. The van der Waals surface area contributed by atoms with Crippen molar-refractivity contribution in [2.24, 2.45) is 0 Å². The lowest BCUT2D eigenvalue weighted by Crippen LogP contribution is -1.88. The molecule has 0 spiro atoms. The Morgan fingerprint density at radius 2 is 1.93 bits per heavy atom. The Bertz CT molecular complexity index is 446. The Labute approximate surface area is 90.0 Å². The molecule has 2 rings (SSSR count). The van der Waals surface area contributed by atoms with Gasteiger partial charge in [-0.3, -0.25) is 4.98 Å². The van der Waals surface area contributed by atoms with E-state index >= 15 is 0 Å². The summed E-state index contributed by atoms with van der Waals surface area (Å²) in [7, 11) is 1.92. The largest absolute Gasteiger partial charge is 0.388 e. The summed E-state index contributed by atoms with van der Waals surface area (Å²) in [5.41, 5.74) is 4.50. The lowest BCUT2D eigenvalue weighted by molar-refractivity contribution is 1.20. The lowest BCUT2D eigenvalue weighted by atomic mass is 10.1. The Hall–Kier alpha value is -1.83. The maximum Gasteiger partial charge on any atom is 0.0373 e. The van der Waals surface area contributed by atoms with Crippen LogP contribution in [0, 0.1) is 6.92 Å². The van der Waals surface area contributed by atoms with Crippen LogP contribution in [0.5, 0.6) is 0 Å². The number of rotatable bonds is 2. The number of aryl methyl sites for hydroxylation is 1. The van der Waals surface area contributed by atoms with Crippen molar-refractivity contribution in [3.63, 3.8) is 0 Å². The second kappa shape index (κ2) is 4.13. The van der Waals surface area contributed by atoms with Crippen LogP contribution in [-0.4, -0.2) is 12.0 Å². The van der Waals surface area contributed by atoms with Crippen LogP contribution in [0.25, 0.3) is 11.1 Å². The summed E-state index contributed by atoms with van der Waals surface area (Å²) in [6.07, 6.45) is 1.91. The Morgan fingerprint density at radius 3 is 2.60 bits per heavy atom. The SMILES string of the molecule is CNc1cccc(-c2ccc(C)nc2)c1. The van der Waals surface area contributed by atoms with Gasteiger partial charge in [-0.05, 0) is 30.7 Å². The smallest absolute Gasteiger partial charge is 0.0373 e. The van der Waals surface area contributed by atoms with Crippen molar-refractivity contribution in [2.75, 3.05) is 12.4 Å². The van der Waals surface area contributed by atoms with E-state index in [1.54, 1.807) is 0 Å². The van der Waals surface area contributed by atoms with Gasteiger partial charge >= 0.3 is 0 Å². The van der Waals surface area contributed by atoms with Crippen molar-refractivity contribution >= 4 is 5.69 Å². The van der Waals surface area contributed by atoms with Gasteiger partial charge in [0.25, 0.3) is 0 Å². The second-order valence-corrected chi connectivity index (χ2v) is 3.52. The third-order valence-electron chi connectivity index (χ3n) is 2.40. The lowest BCUT2D eigenvalue weighted by Gasteiger charge is -2.04. The Balaban J connectivity index is 2.40. The molecule has 0 bridgehead atoms. The fraction of sp³-hybridized carbons (Fsp3) is 0.154. The summed E-state index contributed by atoms with van der Waals surface area (Å²) in [5.74, 6) is 0. The summed E-state index contributed by atoms with van der Waals surface area (Å²) in [4.78, 5) is 4.29. The predicted octanol–water partition coefficient (Wildman–Crippen LogP) is 3.10. The van der Waals surface area contributed by atoms with E-state index in [-0.39, 0.29) is 0 Å². The van der Waals surface area contributed by atoms with Crippen LogP contribution in [0.3, 0.4) is 0 Å². The maximum atomic E-state index is 4.29. The molecule has 1 aromatic heterocycles. The van der Waals surface area contributed by atoms with E-state index in [1.165, 1.54) is 5.56 Å². The molecule has 0 atom stereocenters. The minimum absolute atomic E-state index is 1.04. The van der Waals surface area contributed by atoms with E-state index in [0.717, 1.165) is 16.9 Å². The number of hydrogen-bond donors (Lipinski definition) is 1. The number of pyridine rings is 1. The molecule has 0 saturated heterocycles. The molecule has 0 aliphatic rings. The van der Waals surface area contributed by atoms with Gasteiger partial charge in [0.2, 0.25) is 0 Å². The quantitative estimate of drug-likeness (QED) is 0.802. The average Bonchev–Trinajstić information content (AvgIpc) is 2.30. The van der Waals surface area contributed by atoms with E-state index in [0.29, 0.717) is 0 Å². The van der Waals surface area contributed by atoms with Crippen molar-refractivity contribution in [3.05, 3.63) is 48.3 Å². The summed E-state index contributed by atoms with van der Waals surface area (Å²) in [6.45, 7) is 1.99. The summed E-state index contributed by atoms with van der Waals surface area (Å²) in [5, 5.41) is 3.13. The molecule has 1 heterocycles. The number of hydrogen-bond acceptors (Lipinski definition) is 2. The normalized spacial score (nSPS) is 10.0. The van der Waals surface area contributed by atoms with Crippen LogP contribution in [0.15, 0.2) is 42.6 Å². The van der Waals surface area contributed by atoms with Gasteiger partial charge in [-0.2, -0.15) is 0 Å². The molecule has 0 amide bonds. The van der Waals surface area contributed by atoms with Gasteiger partial charge < -0.3 is 5.32 Å². The van der Waals surface area contributed by atoms with Crippen molar-refractivity contribution < 1.29 is 0 Å². The first kappa shape index (κ1) is 9.71. The first-order chi connectivity index (χ1) is 7.29. The third-order valence-corrected chi connectivity index (χ3v) is 2.40. The topological polar surface area (TPSA) is 24.9 Å². The number of nitrogens with one attached hydrogen (secondary N) is 1. The predicted molar refractivity (Wildman–Crippen MR) is 64.0 cm³/mol. The zero-order chi connectivity index (χ0) is 10.7. The average molecular weight is 198 g/mol. The number of anilines is 1. The summed E-state index contributed by atoms with van der Waals surface area (Å²) < 4.78 is 0. The maximum absolute atomic E-state index is 4.29. The van der Waals surface area contributed by atoms with Crippen LogP contribution < -0.4 is 5.32 Å². The van der Waals surface area contributed by atoms with E-state index in [2.05, 4.69) is 28.5 Å². The van der Waals surface area contributed by atoms with Crippen molar-refractivity contribution in [1.29, 1.82) is 0 Å². The third kappa shape index (κ3) is 2.15. The molecule has 1 aromatic carbocycles. The minimum atomic E-state index is 1.04. The van der Waals surface area contributed by atoms with Crippen LogP contribution in [-0.2, 0) is 0 Å². The number of aromatic nitrogens is 1. The highest BCUT2D eigenvalue weighted by atomic mass is 14.8.